The van der Waals surface area contributed by atoms with E-state index in [1.54, 1.807) is 35.2 Å². The highest BCUT2D eigenvalue weighted by atomic mass is 16.3. The molecule has 164 valence electrons. The van der Waals surface area contributed by atoms with Gasteiger partial charge in [-0.1, -0.05) is 36.4 Å². The smallest absolute Gasteiger partial charge is 0.315 e. The average molecular weight is 432 g/mol. The summed E-state index contributed by atoms with van der Waals surface area (Å²) in [5.41, 5.74) is 3.81. The van der Waals surface area contributed by atoms with Crippen LogP contribution in [0.2, 0.25) is 0 Å². The summed E-state index contributed by atoms with van der Waals surface area (Å²) in [6, 6.07) is 18.0. The van der Waals surface area contributed by atoms with Gasteiger partial charge in [0, 0.05) is 25.3 Å². The number of furan rings is 1. The molecule has 0 unspecified atom stereocenters. The number of fused-ring (bicyclic) bond motifs is 1. The highest BCUT2D eigenvalue weighted by molar-refractivity contribution is 6.02. The first-order valence-corrected chi connectivity index (χ1v) is 10.4. The van der Waals surface area contributed by atoms with Crippen molar-refractivity contribution in [2.24, 2.45) is 0 Å². The predicted molar refractivity (Wildman–Crippen MR) is 119 cm³/mol. The van der Waals surface area contributed by atoms with Gasteiger partial charge in [0.25, 0.3) is 5.91 Å². The Bertz CT molecular complexity index is 1110. The van der Waals surface area contributed by atoms with Gasteiger partial charge in [-0.2, -0.15) is 0 Å². The van der Waals surface area contributed by atoms with Crippen molar-refractivity contribution in [1.82, 2.24) is 15.5 Å². The van der Waals surface area contributed by atoms with Crippen LogP contribution in [0.5, 0.6) is 0 Å². The number of hydrogen-bond acceptors (Lipinski definition) is 4. The van der Waals surface area contributed by atoms with Crippen LogP contribution in [0.1, 0.15) is 27.2 Å². The molecule has 3 aromatic rings. The van der Waals surface area contributed by atoms with Crippen molar-refractivity contribution in [3.63, 3.8) is 0 Å². The van der Waals surface area contributed by atoms with E-state index in [1.165, 1.54) is 11.8 Å². The van der Waals surface area contributed by atoms with Crippen molar-refractivity contribution < 1.29 is 18.8 Å². The zero-order valence-corrected chi connectivity index (χ0v) is 17.5. The van der Waals surface area contributed by atoms with E-state index in [4.69, 9.17) is 4.42 Å². The number of nitrogens with zero attached hydrogens (tertiary/aromatic N) is 1. The summed E-state index contributed by atoms with van der Waals surface area (Å²) >= 11 is 0. The minimum Gasteiger partial charge on any atom is -0.459 e. The fourth-order valence-corrected chi connectivity index (χ4v) is 3.58. The summed E-state index contributed by atoms with van der Waals surface area (Å²) in [4.78, 5) is 38.4. The lowest BCUT2D eigenvalue weighted by Gasteiger charge is -2.29. The second-order valence-corrected chi connectivity index (χ2v) is 7.50. The Morgan fingerprint density at radius 1 is 0.938 bits per heavy atom. The summed E-state index contributed by atoms with van der Waals surface area (Å²) < 4.78 is 5.08. The fourth-order valence-electron chi connectivity index (χ4n) is 3.58. The van der Waals surface area contributed by atoms with Crippen LogP contribution >= 0.6 is 0 Å². The van der Waals surface area contributed by atoms with Gasteiger partial charge in [0.15, 0.2) is 5.76 Å². The molecule has 0 saturated heterocycles. The van der Waals surface area contributed by atoms with Crippen LogP contribution < -0.4 is 16.0 Å². The normalized spacial score (nSPS) is 12.6. The molecule has 0 spiro atoms. The van der Waals surface area contributed by atoms with Gasteiger partial charge < -0.3 is 25.3 Å². The largest absolute Gasteiger partial charge is 0.459 e. The molecule has 0 fully saturated rings. The number of rotatable bonds is 6. The number of nitrogens with one attached hydrogen (secondary N) is 3. The minimum atomic E-state index is -0.430. The van der Waals surface area contributed by atoms with E-state index in [9.17, 15) is 14.4 Å². The molecule has 3 N–H and O–H groups in total. The summed E-state index contributed by atoms with van der Waals surface area (Å²) in [6.07, 6.45) is 2.25. The fraction of sp³-hybridized carbons (Fsp3) is 0.208. The van der Waals surface area contributed by atoms with Crippen LogP contribution in [0.25, 0.3) is 0 Å². The Morgan fingerprint density at radius 2 is 1.78 bits per heavy atom. The lowest BCUT2D eigenvalue weighted by Crippen LogP contribution is -2.45. The van der Waals surface area contributed by atoms with E-state index in [1.807, 2.05) is 24.3 Å². The summed E-state index contributed by atoms with van der Waals surface area (Å²) in [6.45, 7) is 1.40. The molecule has 2 aromatic carbocycles. The van der Waals surface area contributed by atoms with Gasteiger partial charge in [-0.05, 0) is 47.4 Å². The summed E-state index contributed by atoms with van der Waals surface area (Å²) in [5, 5.41) is 8.09. The molecule has 2 heterocycles. The molecule has 4 amide bonds. The molecule has 0 saturated carbocycles. The van der Waals surface area contributed by atoms with Crippen LogP contribution in [0.3, 0.4) is 0 Å². The van der Waals surface area contributed by atoms with Crippen molar-refractivity contribution in [2.75, 3.05) is 18.4 Å². The topological polar surface area (TPSA) is 104 Å². The number of benzene rings is 2. The molecule has 0 radical (unpaired) electrons. The second-order valence-electron chi connectivity index (χ2n) is 7.50. The van der Waals surface area contributed by atoms with E-state index in [0.717, 1.165) is 17.5 Å². The molecule has 4 rings (SSSR count). The van der Waals surface area contributed by atoms with Crippen molar-refractivity contribution in [3.05, 3.63) is 89.4 Å². The second kappa shape index (κ2) is 9.82. The van der Waals surface area contributed by atoms with Crippen LogP contribution in [-0.4, -0.2) is 35.8 Å². The van der Waals surface area contributed by atoms with E-state index >= 15 is 0 Å². The van der Waals surface area contributed by atoms with Gasteiger partial charge in [-0.25, -0.2) is 4.79 Å². The first-order chi connectivity index (χ1) is 15.6. The van der Waals surface area contributed by atoms with E-state index in [2.05, 4.69) is 22.0 Å². The summed E-state index contributed by atoms with van der Waals surface area (Å²) in [7, 11) is 0. The molecular formula is C24H24N4O4. The molecular weight excluding hydrogens is 408 g/mol. The monoisotopic (exact) mass is 432 g/mol. The number of amides is 4. The summed E-state index contributed by atoms with van der Waals surface area (Å²) in [5.74, 6) is -0.247. The third-order valence-corrected chi connectivity index (χ3v) is 5.27. The Morgan fingerprint density at radius 3 is 2.59 bits per heavy atom. The molecule has 0 bridgehead atoms. The van der Waals surface area contributed by atoms with Gasteiger partial charge in [-0.15, -0.1) is 0 Å². The molecule has 8 heteroatoms. The quantitative estimate of drug-likeness (QED) is 0.557. The van der Waals surface area contributed by atoms with Gasteiger partial charge in [-0.3, -0.25) is 9.59 Å². The SMILES string of the molecule is O=C(NCC(=O)N1CCc2ccccc2C1)NCc1cccc(NC(=O)c2ccco2)c1. The number of carbonyl (C=O) groups is 3. The molecule has 0 atom stereocenters. The van der Waals surface area contributed by atoms with Crippen molar-refractivity contribution in [3.8, 4) is 0 Å². The lowest BCUT2D eigenvalue weighted by atomic mass is 10.00. The van der Waals surface area contributed by atoms with E-state index in [0.29, 0.717) is 18.8 Å². The van der Waals surface area contributed by atoms with Gasteiger partial charge in [0.1, 0.15) is 0 Å². The molecule has 1 aromatic heterocycles. The standard InChI is InChI=1S/C24H24N4O4/c29-22(28-11-10-18-6-1-2-7-19(18)16-28)15-26-24(31)25-14-17-5-3-8-20(13-17)27-23(30)21-9-4-12-32-21/h1-9,12-13H,10-11,14-16H2,(H,27,30)(H2,25,26,31). The third kappa shape index (κ3) is 5.34. The van der Waals surface area contributed by atoms with Gasteiger partial charge in [0.05, 0.1) is 12.8 Å². The molecule has 1 aliphatic heterocycles. The van der Waals surface area contributed by atoms with Gasteiger partial charge in [0.2, 0.25) is 5.91 Å². The maximum atomic E-state index is 12.5. The van der Waals surface area contributed by atoms with Gasteiger partial charge >= 0.3 is 6.03 Å². The molecule has 32 heavy (non-hydrogen) atoms. The van der Waals surface area contributed by atoms with E-state index < -0.39 is 6.03 Å². The lowest BCUT2D eigenvalue weighted by molar-refractivity contribution is -0.131. The highest BCUT2D eigenvalue weighted by Gasteiger charge is 2.20. The Hall–Kier alpha value is -4.07. The minimum absolute atomic E-state index is 0.0623. The predicted octanol–water partition coefficient (Wildman–Crippen LogP) is 2.92. The third-order valence-electron chi connectivity index (χ3n) is 5.27. The Kier molecular flexibility index (Phi) is 6.50. The van der Waals surface area contributed by atoms with Crippen LogP contribution in [0.4, 0.5) is 10.5 Å². The molecule has 1 aliphatic rings. The zero-order chi connectivity index (χ0) is 22.3. The van der Waals surface area contributed by atoms with Crippen molar-refractivity contribution in [2.45, 2.75) is 19.5 Å². The van der Waals surface area contributed by atoms with Crippen molar-refractivity contribution >= 4 is 23.5 Å². The Labute approximate surface area is 185 Å². The number of carbonyl (C=O) groups excluding carboxylic acids is 3. The number of anilines is 1. The number of urea groups is 1. The first-order valence-electron chi connectivity index (χ1n) is 10.4. The van der Waals surface area contributed by atoms with Crippen molar-refractivity contribution in [1.29, 1.82) is 0 Å². The zero-order valence-electron chi connectivity index (χ0n) is 17.5. The van der Waals surface area contributed by atoms with Crippen LogP contribution in [0, 0.1) is 0 Å². The maximum absolute atomic E-state index is 12.5. The maximum Gasteiger partial charge on any atom is 0.315 e. The van der Waals surface area contributed by atoms with Crippen LogP contribution in [0.15, 0.2) is 71.3 Å². The Balaban J connectivity index is 1.22. The highest BCUT2D eigenvalue weighted by Crippen LogP contribution is 2.18. The van der Waals surface area contributed by atoms with E-state index in [-0.39, 0.29) is 30.7 Å². The molecule has 0 aliphatic carbocycles. The molecule has 8 nitrogen and oxygen atoms in total. The first kappa shape index (κ1) is 21.2. The van der Waals surface area contributed by atoms with Crippen LogP contribution in [-0.2, 0) is 24.3 Å². The number of hydrogen-bond donors (Lipinski definition) is 3. The average Bonchev–Trinajstić information content (AvgIpc) is 3.36.